The lowest BCUT2D eigenvalue weighted by atomic mass is 10.1. The summed E-state index contributed by atoms with van der Waals surface area (Å²) >= 11 is 6.14. The maximum Gasteiger partial charge on any atom is 0.274 e. The molecule has 1 aliphatic rings. The van der Waals surface area contributed by atoms with Crippen LogP contribution in [-0.2, 0) is 0 Å². The smallest absolute Gasteiger partial charge is 0.274 e. The molecule has 33 heavy (non-hydrogen) atoms. The van der Waals surface area contributed by atoms with Crippen molar-refractivity contribution in [2.45, 2.75) is 19.4 Å². The van der Waals surface area contributed by atoms with E-state index < -0.39 is 0 Å². The van der Waals surface area contributed by atoms with E-state index in [0.717, 1.165) is 42.9 Å². The highest BCUT2D eigenvalue weighted by atomic mass is 35.5. The first kappa shape index (κ1) is 21.4. The van der Waals surface area contributed by atoms with Gasteiger partial charge in [-0.2, -0.15) is 5.10 Å². The lowest BCUT2D eigenvalue weighted by Gasteiger charge is -2.19. The van der Waals surface area contributed by atoms with E-state index in [9.17, 15) is 4.79 Å². The molecule has 0 aliphatic carbocycles. The number of benzene rings is 2. The van der Waals surface area contributed by atoms with Crippen LogP contribution in [0.3, 0.4) is 0 Å². The highest BCUT2D eigenvalue weighted by Crippen LogP contribution is 2.26. The summed E-state index contributed by atoms with van der Waals surface area (Å²) in [6.45, 7) is 5.17. The third-order valence-electron chi connectivity index (χ3n) is 5.91. The van der Waals surface area contributed by atoms with E-state index >= 15 is 0 Å². The monoisotopic (exact) mass is 460 g/mol. The summed E-state index contributed by atoms with van der Waals surface area (Å²) in [5.41, 5.74) is 4.54. The zero-order valence-corrected chi connectivity index (χ0v) is 19.1. The summed E-state index contributed by atoms with van der Waals surface area (Å²) in [7, 11) is 0. The Balaban J connectivity index is 1.32. The number of amides is 1. The van der Waals surface area contributed by atoms with Crippen LogP contribution >= 0.6 is 11.6 Å². The van der Waals surface area contributed by atoms with Gasteiger partial charge in [0, 0.05) is 47.3 Å². The van der Waals surface area contributed by atoms with Crippen LogP contribution in [-0.4, -0.2) is 46.2 Å². The third kappa shape index (κ3) is 4.55. The normalized spacial score (nSPS) is 15.8. The van der Waals surface area contributed by atoms with Gasteiger partial charge in [-0.05, 0) is 61.0 Å². The van der Waals surface area contributed by atoms with Gasteiger partial charge in [0.05, 0.1) is 6.20 Å². The first-order chi connectivity index (χ1) is 16.1. The van der Waals surface area contributed by atoms with Gasteiger partial charge >= 0.3 is 0 Å². The quantitative estimate of drug-likeness (QED) is 0.443. The number of likely N-dealkylation sites (N-methyl/N-ethyl adjacent to an activating group) is 1. The minimum absolute atomic E-state index is 0.267. The Labute approximate surface area is 197 Å². The highest BCUT2D eigenvalue weighted by Gasteiger charge is 2.21. The van der Waals surface area contributed by atoms with Crippen molar-refractivity contribution in [3.63, 3.8) is 0 Å². The van der Waals surface area contributed by atoms with Gasteiger partial charge < -0.3 is 15.5 Å². The van der Waals surface area contributed by atoms with Gasteiger partial charge in [0.15, 0.2) is 5.65 Å². The van der Waals surface area contributed by atoms with Crippen molar-refractivity contribution in [3.8, 4) is 11.1 Å². The van der Waals surface area contributed by atoms with Gasteiger partial charge in [-0.15, -0.1) is 0 Å². The summed E-state index contributed by atoms with van der Waals surface area (Å²) in [4.78, 5) is 19.8. The fourth-order valence-corrected chi connectivity index (χ4v) is 4.45. The number of hydrogen-bond acceptors (Lipinski definition) is 5. The van der Waals surface area contributed by atoms with Crippen molar-refractivity contribution in [2.75, 3.05) is 29.9 Å². The number of nitrogens with zero attached hydrogens (tertiary/aromatic N) is 4. The zero-order chi connectivity index (χ0) is 22.8. The molecule has 0 bridgehead atoms. The molecule has 2 aromatic heterocycles. The predicted molar refractivity (Wildman–Crippen MR) is 132 cm³/mol. The predicted octanol–water partition coefficient (Wildman–Crippen LogP) is 4.49. The van der Waals surface area contributed by atoms with E-state index in [1.807, 2.05) is 36.4 Å². The lowest BCUT2D eigenvalue weighted by Crippen LogP contribution is -2.32. The van der Waals surface area contributed by atoms with E-state index in [4.69, 9.17) is 11.6 Å². The summed E-state index contributed by atoms with van der Waals surface area (Å²) in [5.74, 6) is -0.267. The molecule has 1 saturated heterocycles. The van der Waals surface area contributed by atoms with Crippen molar-refractivity contribution < 1.29 is 4.79 Å². The van der Waals surface area contributed by atoms with Crippen LogP contribution in [0.5, 0.6) is 0 Å². The number of carbonyl (C=O) groups is 1. The van der Waals surface area contributed by atoms with Gasteiger partial charge in [-0.25, -0.2) is 9.50 Å². The molecule has 8 heteroatoms. The lowest BCUT2D eigenvalue weighted by molar-refractivity contribution is 0.102. The second-order valence-corrected chi connectivity index (χ2v) is 8.58. The van der Waals surface area contributed by atoms with E-state index in [1.54, 1.807) is 23.0 Å². The molecule has 1 aliphatic heterocycles. The van der Waals surface area contributed by atoms with Gasteiger partial charge in [0.25, 0.3) is 5.91 Å². The molecule has 1 amide bonds. The molecule has 2 N–H and O–H groups in total. The molecule has 1 atom stereocenters. The summed E-state index contributed by atoms with van der Waals surface area (Å²) in [6.07, 6.45) is 4.61. The largest absolute Gasteiger partial charge is 0.370 e. The van der Waals surface area contributed by atoms with Crippen LogP contribution in [0.2, 0.25) is 5.02 Å². The molecule has 2 aromatic carbocycles. The summed E-state index contributed by atoms with van der Waals surface area (Å²) in [5, 5.41) is 11.4. The van der Waals surface area contributed by atoms with E-state index in [0.29, 0.717) is 22.4 Å². The Morgan fingerprint density at radius 3 is 2.82 bits per heavy atom. The van der Waals surface area contributed by atoms with Crippen molar-refractivity contribution in [3.05, 3.63) is 77.7 Å². The fourth-order valence-electron chi connectivity index (χ4n) is 4.26. The highest BCUT2D eigenvalue weighted by molar-refractivity contribution is 6.30. The Hall–Kier alpha value is -3.42. The maximum absolute atomic E-state index is 12.9. The first-order valence-corrected chi connectivity index (χ1v) is 11.5. The summed E-state index contributed by atoms with van der Waals surface area (Å²) in [6, 6.07) is 17.7. The van der Waals surface area contributed by atoms with Crippen molar-refractivity contribution in [1.29, 1.82) is 0 Å². The molecule has 1 fully saturated rings. The van der Waals surface area contributed by atoms with Crippen LogP contribution in [0, 0.1) is 0 Å². The van der Waals surface area contributed by atoms with Crippen LogP contribution in [0.1, 0.15) is 23.8 Å². The molecule has 5 rings (SSSR count). The molecule has 0 unspecified atom stereocenters. The Bertz CT molecular complexity index is 1290. The molecule has 0 saturated carbocycles. The summed E-state index contributed by atoms with van der Waals surface area (Å²) < 4.78 is 1.65. The van der Waals surface area contributed by atoms with Crippen LogP contribution in [0.25, 0.3) is 16.8 Å². The number of halogens is 1. The number of hydrogen-bond donors (Lipinski definition) is 2. The Morgan fingerprint density at radius 1 is 1.18 bits per heavy atom. The minimum Gasteiger partial charge on any atom is -0.370 e. The SMILES string of the molecule is CCN[C@H]1CCN(c2ccc(NC(=O)c3ccn4ncc(-c5cccc(Cl)c5)c4n3)cc2)C1. The van der Waals surface area contributed by atoms with Crippen LogP contribution in [0.15, 0.2) is 67.0 Å². The van der Waals surface area contributed by atoms with Crippen LogP contribution < -0.4 is 15.5 Å². The standard InChI is InChI=1S/C25H25ClN6O/c1-2-27-20-10-12-31(16-20)21-8-6-19(7-9-21)29-25(33)23-11-13-32-24(30-23)22(15-28-32)17-4-3-5-18(26)14-17/h3-9,11,13-15,20,27H,2,10,12,16H2,1H3,(H,29,33)/t20-/m0/s1. The number of fused-ring (bicyclic) bond motifs is 1. The second-order valence-electron chi connectivity index (χ2n) is 8.14. The molecular formula is C25H25ClN6O. The number of rotatable bonds is 6. The first-order valence-electron chi connectivity index (χ1n) is 11.1. The van der Waals surface area contributed by atoms with E-state index in [2.05, 4.69) is 44.7 Å². The third-order valence-corrected chi connectivity index (χ3v) is 6.14. The number of anilines is 2. The molecule has 0 spiro atoms. The van der Waals surface area contributed by atoms with Crippen molar-refractivity contribution in [1.82, 2.24) is 19.9 Å². The van der Waals surface area contributed by atoms with Crippen molar-refractivity contribution in [2.24, 2.45) is 0 Å². The zero-order valence-electron chi connectivity index (χ0n) is 18.3. The molecule has 168 valence electrons. The number of aromatic nitrogens is 3. The second kappa shape index (κ2) is 9.21. The molecule has 4 aromatic rings. The number of carbonyl (C=O) groups excluding carboxylic acids is 1. The average molecular weight is 461 g/mol. The molecule has 0 radical (unpaired) electrons. The Morgan fingerprint density at radius 2 is 2.03 bits per heavy atom. The Kier molecular flexibility index (Phi) is 5.98. The topological polar surface area (TPSA) is 74.6 Å². The van der Waals surface area contributed by atoms with Crippen molar-refractivity contribution >= 4 is 34.5 Å². The molecule has 3 heterocycles. The fraction of sp³-hybridized carbons (Fsp3) is 0.240. The van der Waals surface area contributed by atoms with Gasteiger partial charge in [0.2, 0.25) is 0 Å². The van der Waals surface area contributed by atoms with Crippen LogP contribution in [0.4, 0.5) is 11.4 Å². The maximum atomic E-state index is 12.9. The van der Waals surface area contributed by atoms with E-state index in [1.165, 1.54) is 5.69 Å². The molecular weight excluding hydrogens is 436 g/mol. The van der Waals surface area contributed by atoms with Gasteiger partial charge in [-0.3, -0.25) is 4.79 Å². The van der Waals surface area contributed by atoms with Gasteiger partial charge in [0.1, 0.15) is 5.69 Å². The molecule has 7 nitrogen and oxygen atoms in total. The minimum atomic E-state index is -0.267. The van der Waals surface area contributed by atoms with E-state index in [-0.39, 0.29) is 5.91 Å². The number of nitrogens with one attached hydrogen (secondary N) is 2. The van der Waals surface area contributed by atoms with Gasteiger partial charge in [-0.1, -0.05) is 30.7 Å². The average Bonchev–Trinajstić information content (AvgIpc) is 3.46.